The normalized spacial score (nSPS) is 13.8. The Bertz CT molecular complexity index is 489. The van der Waals surface area contributed by atoms with Gasteiger partial charge in [-0.15, -0.1) is 0 Å². The van der Waals surface area contributed by atoms with Crippen molar-refractivity contribution in [1.29, 1.82) is 0 Å². The third-order valence-corrected chi connectivity index (χ3v) is 4.77. The van der Waals surface area contributed by atoms with Crippen LogP contribution in [0.1, 0.15) is 32.8 Å². The molecule has 5 heteroatoms. The van der Waals surface area contributed by atoms with Gasteiger partial charge in [-0.05, 0) is 30.9 Å². The standard InChI is InChI=1S/C13H22N2O2S/c1-5-12(9(2)3)15-18(16,17)13-10(4)7-6-8-11(13)14/h6-9,12,15H,5,14H2,1-4H3. The van der Waals surface area contributed by atoms with Crippen molar-refractivity contribution in [2.75, 3.05) is 5.73 Å². The Hall–Kier alpha value is -1.07. The molecule has 102 valence electrons. The van der Waals surface area contributed by atoms with E-state index in [1.807, 2.05) is 20.8 Å². The second-order valence-corrected chi connectivity index (χ2v) is 6.52. The van der Waals surface area contributed by atoms with Crippen molar-refractivity contribution in [2.24, 2.45) is 5.92 Å². The van der Waals surface area contributed by atoms with Crippen LogP contribution in [0.3, 0.4) is 0 Å². The predicted octanol–water partition coefficient (Wildman–Crippen LogP) is 2.29. The summed E-state index contributed by atoms with van der Waals surface area (Å²) in [5, 5.41) is 0. The molecule has 1 aromatic rings. The van der Waals surface area contributed by atoms with Crippen LogP contribution in [0.5, 0.6) is 0 Å². The van der Waals surface area contributed by atoms with Crippen LogP contribution in [0.15, 0.2) is 23.1 Å². The number of nitrogen functional groups attached to an aromatic ring is 1. The molecule has 0 radical (unpaired) electrons. The van der Waals surface area contributed by atoms with Gasteiger partial charge in [0.05, 0.1) is 5.69 Å². The molecule has 0 saturated heterocycles. The van der Waals surface area contributed by atoms with Gasteiger partial charge >= 0.3 is 0 Å². The average molecular weight is 270 g/mol. The number of sulfonamides is 1. The van der Waals surface area contributed by atoms with Gasteiger partial charge in [0.15, 0.2) is 0 Å². The Morgan fingerprint density at radius 3 is 2.39 bits per heavy atom. The van der Waals surface area contributed by atoms with E-state index in [0.29, 0.717) is 11.3 Å². The van der Waals surface area contributed by atoms with E-state index in [4.69, 9.17) is 5.73 Å². The van der Waals surface area contributed by atoms with Gasteiger partial charge in [0.2, 0.25) is 10.0 Å². The minimum atomic E-state index is -3.55. The lowest BCUT2D eigenvalue weighted by atomic mass is 10.0. The quantitative estimate of drug-likeness (QED) is 0.806. The van der Waals surface area contributed by atoms with Gasteiger partial charge < -0.3 is 5.73 Å². The van der Waals surface area contributed by atoms with Crippen LogP contribution in [0.4, 0.5) is 5.69 Å². The molecule has 1 unspecified atom stereocenters. The molecule has 0 saturated carbocycles. The average Bonchev–Trinajstić information content (AvgIpc) is 2.25. The highest BCUT2D eigenvalue weighted by molar-refractivity contribution is 7.89. The molecule has 18 heavy (non-hydrogen) atoms. The highest BCUT2D eigenvalue weighted by Crippen LogP contribution is 2.23. The molecule has 1 rings (SSSR count). The monoisotopic (exact) mass is 270 g/mol. The molecule has 0 spiro atoms. The summed E-state index contributed by atoms with van der Waals surface area (Å²) in [6.07, 6.45) is 0.753. The first-order chi connectivity index (χ1) is 8.29. The van der Waals surface area contributed by atoms with Crippen LogP contribution in [-0.4, -0.2) is 14.5 Å². The molecule has 0 bridgehead atoms. The van der Waals surface area contributed by atoms with Crippen LogP contribution in [0.25, 0.3) is 0 Å². The smallest absolute Gasteiger partial charge is 0.243 e. The van der Waals surface area contributed by atoms with E-state index in [2.05, 4.69) is 4.72 Å². The number of nitrogens with two attached hydrogens (primary N) is 1. The van der Waals surface area contributed by atoms with Gasteiger partial charge in [0, 0.05) is 6.04 Å². The van der Waals surface area contributed by atoms with Crippen molar-refractivity contribution in [1.82, 2.24) is 4.72 Å². The first-order valence-corrected chi connectivity index (χ1v) is 7.65. The van der Waals surface area contributed by atoms with Crippen molar-refractivity contribution >= 4 is 15.7 Å². The molecule has 4 nitrogen and oxygen atoms in total. The summed E-state index contributed by atoms with van der Waals surface area (Å²) in [6.45, 7) is 7.71. The van der Waals surface area contributed by atoms with E-state index in [0.717, 1.165) is 6.42 Å². The van der Waals surface area contributed by atoms with E-state index in [1.165, 1.54) is 0 Å². The Morgan fingerprint density at radius 2 is 1.94 bits per heavy atom. The SMILES string of the molecule is CCC(NS(=O)(=O)c1c(C)cccc1N)C(C)C. The van der Waals surface area contributed by atoms with E-state index >= 15 is 0 Å². The van der Waals surface area contributed by atoms with Gasteiger partial charge in [0.1, 0.15) is 4.90 Å². The molecule has 1 aromatic carbocycles. The highest BCUT2D eigenvalue weighted by Gasteiger charge is 2.24. The maximum absolute atomic E-state index is 12.4. The molecule has 0 aliphatic heterocycles. The molecule has 1 atom stereocenters. The number of anilines is 1. The third kappa shape index (κ3) is 3.23. The van der Waals surface area contributed by atoms with Crippen LogP contribution in [0, 0.1) is 12.8 Å². The first kappa shape index (κ1) is 15.0. The van der Waals surface area contributed by atoms with E-state index in [-0.39, 0.29) is 16.9 Å². The Kier molecular flexibility index (Phi) is 4.76. The summed E-state index contributed by atoms with van der Waals surface area (Å²) in [5.41, 5.74) is 6.74. The summed E-state index contributed by atoms with van der Waals surface area (Å²) in [6, 6.07) is 5.04. The summed E-state index contributed by atoms with van der Waals surface area (Å²) in [7, 11) is -3.55. The minimum absolute atomic E-state index is 0.0750. The molecule has 3 N–H and O–H groups in total. The molecular weight excluding hydrogens is 248 g/mol. The van der Waals surface area contributed by atoms with Gasteiger partial charge in [-0.3, -0.25) is 0 Å². The number of aryl methyl sites for hydroxylation is 1. The molecule has 0 aliphatic rings. The molecule has 0 aliphatic carbocycles. The zero-order chi connectivity index (χ0) is 13.9. The van der Waals surface area contributed by atoms with Crippen molar-refractivity contribution in [3.05, 3.63) is 23.8 Å². The molecule has 0 amide bonds. The zero-order valence-electron chi connectivity index (χ0n) is 11.4. The number of nitrogens with one attached hydrogen (secondary N) is 1. The highest BCUT2D eigenvalue weighted by atomic mass is 32.2. The summed E-state index contributed by atoms with van der Waals surface area (Å²) >= 11 is 0. The van der Waals surface area contributed by atoms with Gasteiger partial charge in [-0.1, -0.05) is 32.9 Å². The summed E-state index contributed by atoms with van der Waals surface area (Å²) in [4.78, 5) is 0.198. The summed E-state index contributed by atoms with van der Waals surface area (Å²) < 4.78 is 27.4. The van der Waals surface area contributed by atoms with E-state index in [9.17, 15) is 8.42 Å². The fourth-order valence-corrected chi connectivity index (χ4v) is 3.82. The van der Waals surface area contributed by atoms with Gasteiger partial charge in [0.25, 0.3) is 0 Å². The van der Waals surface area contributed by atoms with Crippen molar-refractivity contribution < 1.29 is 8.42 Å². The Morgan fingerprint density at radius 1 is 1.33 bits per heavy atom. The lowest BCUT2D eigenvalue weighted by Crippen LogP contribution is -2.38. The van der Waals surface area contributed by atoms with E-state index in [1.54, 1.807) is 25.1 Å². The minimum Gasteiger partial charge on any atom is -0.398 e. The third-order valence-electron chi connectivity index (χ3n) is 3.06. The number of hydrogen-bond acceptors (Lipinski definition) is 3. The fourth-order valence-electron chi connectivity index (χ4n) is 1.99. The Labute approximate surface area is 110 Å². The summed E-state index contributed by atoms with van der Waals surface area (Å²) in [5.74, 6) is 0.245. The zero-order valence-corrected chi connectivity index (χ0v) is 12.2. The lowest BCUT2D eigenvalue weighted by Gasteiger charge is -2.21. The topological polar surface area (TPSA) is 72.2 Å². The van der Waals surface area contributed by atoms with E-state index < -0.39 is 10.0 Å². The maximum Gasteiger partial charge on any atom is 0.243 e. The van der Waals surface area contributed by atoms with Crippen molar-refractivity contribution in [3.63, 3.8) is 0 Å². The molecule has 0 fully saturated rings. The van der Waals surface area contributed by atoms with Crippen molar-refractivity contribution in [3.8, 4) is 0 Å². The van der Waals surface area contributed by atoms with Crippen molar-refractivity contribution in [2.45, 2.75) is 45.1 Å². The molecular formula is C13H22N2O2S. The second kappa shape index (κ2) is 5.71. The molecule has 0 heterocycles. The van der Waals surface area contributed by atoms with Crippen LogP contribution in [0.2, 0.25) is 0 Å². The molecule has 0 aromatic heterocycles. The fraction of sp³-hybridized carbons (Fsp3) is 0.538. The predicted molar refractivity (Wildman–Crippen MR) is 74.8 cm³/mol. The number of hydrogen-bond donors (Lipinski definition) is 2. The number of rotatable bonds is 5. The number of benzene rings is 1. The largest absolute Gasteiger partial charge is 0.398 e. The Balaban J connectivity index is 3.15. The van der Waals surface area contributed by atoms with Gasteiger partial charge in [-0.2, -0.15) is 0 Å². The van der Waals surface area contributed by atoms with Gasteiger partial charge in [-0.25, -0.2) is 13.1 Å². The second-order valence-electron chi connectivity index (χ2n) is 4.87. The lowest BCUT2D eigenvalue weighted by molar-refractivity contribution is 0.437. The van der Waals surface area contributed by atoms with Crippen LogP contribution in [-0.2, 0) is 10.0 Å². The van der Waals surface area contributed by atoms with Crippen LogP contribution < -0.4 is 10.5 Å². The van der Waals surface area contributed by atoms with Crippen LogP contribution >= 0.6 is 0 Å². The first-order valence-electron chi connectivity index (χ1n) is 6.17. The maximum atomic E-state index is 12.4.